The van der Waals surface area contributed by atoms with E-state index in [0.29, 0.717) is 25.9 Å². The molecule has 10 heteroatoms. The first-order chi connectivity index (χ1) is 16.3. The highest BCUT2D eigenvalue weighted by Gasteiger charge is 2.48. The normalized spacial score (nSPS) is 23.6. The smallest absolute Gasteiger partial charge is 0.405 e. The lowest BCUT2D eigenvalue weighted by Gasteiger charge is -2.38. The Balaban J connectivity index is 1.21. The zero-order valence-electron chi connectivity index (χ0n) is 19.6. The number of nitrogens with zero attached hydrogens (tertiary/aromatic N) is 3. The van der Waals surface area contributed by atoms with E-state index in [1.807, 2.05) is 12.1 Å². The molecule has 3 N–H and O–H groups in total. The molecular formula is C24H34FN5O4. The van der Waals surface area contributed by atoms with E-state index in [4.69, 9.17) is 5.11 Å². The van der Waals surface area contributed by atoms with Crippen molar-refractivity contribution < 1.29 is 23.9 Å². The second-order valence-corrected chi connectivity index (χ2v) is 9.75. The van der Waals surface area contributed by atoms with E-state index >= 15 is 0 Å². The van der Waals surface area contributed by atoms with Gasteiger partial charge in [-0.2, -0.15) is 0 Å². The van der Waals surface area contributed by atoms with E-state index in [9.17, 15) is 18.8 Å². The van der Waals surface area contributed by atoms with E-state index in [2.05, 4.69) is 20.4 Å². The lowest BCUT2D eigenvalue weighted by Crippen LogP contribution is -2.52. The quantitative estimate of drug-likeness (QED) is 0.576. The zero-order chi connectivity index (χ0) is 24.3. The van der Waals surface area contributed by atoms with E-state index in [-0.39, 0.29) is 23.7 Å². The summed E-state index contributed by atoms with van der Waals surface area (Å²) in [6.45, 7) is 7.05. The van der Waals surface area contributed by atoms with Gasteiger partial charge in [-0.3, -0.25) is 14.5 Å². The number of piperazine rings is 1. The molecule has 4 rings (SSSR count). The van der Waals surface area contributed by atoms with Crippen molar-refractivity contribution in [3.8, 4) is 0 Å². The van der Waals surface area contributed by atoms with Crippen LogP contribution in [0.25, 0.3) is 0 Å². The summed E-state index contributed by atoms with van der Waals surface area (Å²) in [5.74, 6) is -0.379. The van der Waals surface area contributed by atoms with Crippen molar-refractivity contribution in [2.24, 2.45) is 5.41 Å². The van der Waals surface area contributed by atoms with E-state index in [1.54, 1.807) is 11.8 Å². The third-order valence-electron chi connectivity index (χ3n) is 7.55. The van der Waals surface area contributed by atoms with Crippen LogP contribution in [-0.2, 0) is 9.59 Å². The number of carbonyl (C=O) groups is 3. The van der Waals surface area contributed by atoms with Crippen LogP contribution in [0.5, 0.6) is 0 Å². The number of nitrogens with one attached hydrogen (secondary N) is 2. The van der Waals surface area contributed by atoms with Crippen molar-refractivity contribution in [1.29, 1.82) is 0 Å². The summed E-state index contributed by atoms with van der Waals surface area (Å²) in [5.41, 5.74) is 0.621. The Morgan fingerprint density at radius 2 is 1.79 bits per heavy atom. The number of anilines is 1. The van der Waals surface area contributed by atoms with E-state index < -0.39 is 17.6 Å². The molecule has 2 atom stereocenters. The molecule has 3 amide bonds. The Morgan fingerprint density at radius 1 is 1.15 bits per heavy atom. The van der Waals surface area contributed by atoms with Crippen LogP contribution in [0.1, 0.15) is 32.6 Å². The van der Waals surface area contributed by atoms with Crippen molar-refractivity contribution in [2.45, 2.75) is 44.7 Å². The maximum Gasteiger partial charge on any atom is 0.405 e. The molecule has 3 fully saturated rings. The van der Waals surface area contributed by atoms with Gasteiger partial charge >= 0.3 is 6.09 Å². The van der Waals surface area contributed by atoms with Gasteiger partial charge in [-0.05, 0) is 56.9 Å². The Morgan fingerprint density at radius 3 is 2.41 bits per heavy atom. The summed E-state index contributed by atoms with van der Waals surface area (Å²) < 4.78 is 13.2. The van der Waals surface area contributed by atoms with Crippen LogP contribution in [0.3, 0.4) is 0 Å². The van der Waals surface area contributed by atoms with Gasteiger partial charge in [0.15, 0.2) is 0 Å². The minimum atomic E-state index is -1.22. The van der Waals surface area contributed by atoms with Gasteiger partial charge in [0.2, 0.25) is 11.8 Å². The van der Waals surface area contributed by atoms with Crippen LogP contribution < -0.4 is 15.5 Å². The zero-order valence-corrected chi connectivity index (χ0v) is 19.6. The summed E-state index contributed by atoms with van der Waals surface area (Å²) in [5, 5.41) is 14.2. The Hall–Kier alpha value is -2.88. The van der Waals surface area contributed by atoms with Crippen LogP contribution in [0.15, 0.2) is 24.3 Å². The van der Waals surface area contributed by atoms with E-state index in [1.165, 1.54) is 12.1 Å². The molecule has 3 heterocycles. The average molecular weight is 476 g/mol. The second-order valence-electron chi connectivity index (χ2n) is 9.75. The summed E-state index contributed by atoms with van der Waals surface area (Å²) >= 11 is 0. The SMILES string of the molecule is C[C@H](NC(=O)O)C(=O)N1CCC2(CC1)C[C@H](CCN1CCN(c3ccc(F)cc3)CC1)NC2=O. The number of halogens is 1. The molecule has 3 saturated heterocycles. The maximum absolute atomic E-state index is 13.2. The molecule has 0 aliphatic carbocycles. The lowest BCUT2D eigenvalue weighted by atomic mass is 9.75. The van der Waals surface area contributed by atoms with Crippen molar-refractivity contribution in [1.82, 2.24) is 20.4 Å². The highest BCUT2D eigenvalue weighted by molar-refractivity contribution is 5.87. The van der Waals surface area contributed by atoms with Crippen LogP contribution >= 0.6 is 0 Å². The van der Waals surface area contributed by atoms with Gasteiger partial charge in [0, 0.05) is 57.5 Å². The fourth-order valence-corrected chi connectivity index (χ4v) is 5.46. The summed E-state index contributed by atoms with van der Waals surface area (Å²) in [6, 6.07) is 5.97. The Kier molecular flexibility index (Phi) is 7.25. The molecule has 0 saturated carbocycles. The molecule has 3 aliphatic rings. The number of likely N-dealkylation sites (tertiary alicyclic amines) is 1. The first-order valence-electron chi connectivity index (χ1n) is 12.1. The Bertz CT molecular complexity index is 895. The number of carbonyl (C=O) groups excluding carboxylic acids is 2. The third-order valence-corrected chi connectivity index (χ3v) is 7.55. The van der Waals surface area contributed by atoms with Gasteiger partial charge in [0.1, 0.15) is 11.9 Å². The molecule has 0 radical (unpaired) electrons. The first kappa shape index (κ1) is 24.3. The maximum atomic E-state index is 13.2. The van der Waals surface area contributed by atoms with Gasteiger partial charge in [-0.1, -0.05) is 0 Å². The van der Waals surface area contributed by atoms with Crippen molar-refractivity contribution in [3.05, 3.63) is 30.1 Å². The molecule has 186 valence electrons. The van der Waals surface area contributed by atoms with Crippen LogP contribution in [-0.4, -0.2) is 90.7 Å². The summed E-state index contributed by atoms with van der Waals surface area (Å²) in [4.78, 5) is 42.4. The predicted octanol–water partition coefficient (Wildman–Crippen LogP) is 1.49. The highest BCUT2D eigenvalue weighted by atomic mass is 19.1. The number of piperidine rings is 1. The number of carboxylic acid groups (broad SMARTS) is 1. The van der Waals surface area contributed by atoms with Crippen molar-refractivity contribution in [2.75, 3.05) is 50.7 Å². The third kappa shape index (κ3) is 5.43. The van der Waals surface area contributed by atoms with Gasteiger partial charge < -0.3 is 25.5 Å². The molecule has 9 nitrogen and oxygen atoms in total. The fraction of sp³-hybridized carbons (Fsp3) is 0.625. The number of hydrogen-bond donors (Lipinski definition) is 3. The first-order valence-corrected chi connectivity index (χ1v) is 12.1. The molecule has 3 aliphatic heterocycles. The standard InChI is InChI=1S/C24H34FN5O4/c1-17(26-23(33)34)21(31)30-10-7-24(8-11-30)16-19(27-22(24)32)6-9-28-12-14-29(15-13-28)20-4-2-18(25)3-5-20/h2-5,17,19,26H,6-16H2,1H3,(H,27,32)(H,33,34)/t17-,19-/m0/s1. The van der Waals surface area contributed by atoms with Crippen LogP contribution in [0, 0.1) is 11.2 Å². The molecule has 0 unspecified atom stereocenters. The Labute approximate surface area is 199 Å². The number of rotatable bonds is 6. The van der Waals surface area contributed by atoms with Gasteiger partial charge in [-0.25, -0.2) is 9.18 Å². The largest absolute Gasteiger partial charge is 0.465 e. The second kappa shape index (κ2) is 10.2. The fourth-order valence-electron chi connectivity index (χ4n) is 5.46. The molecule has 0 bridgehead atoms. The molecule has 0 aromatic heterocycles. The monoisotopic (exact) mass is 475 g/mol. The van der Waals surface area contributed by atoms with Gasteiger partial charge in [-0.15, -0.1) is 0 Å². The summed E-state index contributed by atoms with van der Waals surface area (Å²) in [7, 11) is 0. The average Bonchev–Trinajstić information content (AvgIpc) is 3.12. The molecule has 1 aromatic rings. The molecular weight excluding hydrogens is 441 g/mol. The summed E-state index contributed by atoms with van der Waals surface area (Å²) in [6.07, 6.45) is 1.68. The van der Waals surface area contributed by atoms with E-state index in [0.717, 1.165) is 51.3 Å². The lowest BCUT2D eigenvalue weighted by molar-refractivity contribution is -0.139. The number of hydrogen-bond acceptors (Lipinski definition) is 5. The molecule has 1 aromatic carbocycles. The minimum Gasteiger partial charge on any atom is -0.465 e. The number of amides is 3. The van der Waals surface area contributed by atoms with Crippen molar-refractivity contribution >= 4 is 23.6 Å². The predicted molar refractivity (Wildman–Crippen MR) is 125 cm³/mol. The van der Waals surface area contributed by atoms with Gasteiger partial charge in [0.05, 0.1) is 5.41 Å². The molecule has 1 spiro atoms. The van der Waals surface area contributed by atoms with Gasteiger partial charge in [0.25, 0.3) is 0 Å². The highest BCUT2D eigenvalue weighted by Crippen LogP contribution is 2.41. The van der Waals surface area contributed by atoms with Crippen LogP contribution in [0.4, 0.5) is 14.9 Å². The molecule has 34 heavy (non-hydrogen) atoms. The van der Waals surface area contributed by atoms with Crippen LogP contribution in [0.2, 0.25) is 0 Å². The number of benzene rings is 1. The van der Waals surface area contributed by atoms with Crippen molar-refractivity contribution in [3.63, 3.8) is 0 Å². The topological polar surface area (TPSA) is 105 Å². The minimum absolute atomic E-state index is 0.0856.